The Hall–Kier alpha value is -2.14. The summed E-state index contributed by atoms with van der Waals surface area (Å²) in [5, 5.41) is 0. The topological polar surface area (TPSA) is 51.2 Å². The minimum atomic E-state index is -1.37. The SMILES string of the molecule is Cc1cc(C)c(C2C(=O)CC(C(C)CS(=O)c3cccc(F)c3)CC2=O)c(C)c1. The van der Waals surface area contributed by atoms with Gasteiger partial charge in [-0.3, -0.25) is 13.8 Å². The van der Waals surface area contributed by atoms with Crippen molar-refractivity contribution in [1.29, 1.82) is 0 Å². The molecule has 0 N–H and O–H groups in total. The first-order valence-corrected chi connectivity index (χ1v) is 11.3. The van der Waals surface area contributed by atoms with Gasteiger partial charge in [0.15, 0.2) is 0 Å². The van der Waals surface area contributed by atoms with Crippen molar-refractivity contribution in [2.24, 2.45) is 11.8 Å². The van der Waals surface area contributed by atoms with Gasteiger partial charge in [-0.25, -0.2) is 4.39 Å². The molecule has 29 heavy (non-hydrogen) atoms. The van der Waals surface area contributed by atoms with Crippen molar-refractivity contribution in [1.82, 2.24) is 0 Å². The quantitative estimate of drug-likeness (QED) is 0.659. The van der Waals surface area contributed by atoms with Crippen LogP contribution in [0.3, 0.4) is 0 Å². The van der Waals surface area contributed by atoms with Crippen molar-refractivity contribution in [3.63, 3.8) is 0 Å². The zero-order chi connectivity index (χ0) is 21.3. The number of benzene rings is 2. The lowest BCUT2D eigenvalue weighted by molar-refractivity contribution is -0.134. The van der Waals surface area contributed by atoms with E-state index >= 15 is 0 Å². The molecule has 0 aliphatic heterocycles. The van der Waals surface area contributed by atoms with Gasteiger partial charge in [0.05, 0.1) is 10.8 Å². The lowest BCUT2D eigenvalue weighted by Crippen LogP contribution is -2.36. The van der Waals surface area contributed by atoms with Crippen molar-refractivity contribution in [2.45, 2.75) is 51.3 Å². The van der Waals surface area contributed by atoms with Crippen molar-refractivity contribution >= 4 is 22.4 Å². The van der Waals surface area contributed by atoms with Crippen LogP contribution in [0.25, 0.3) is 0 Å². The highest BCUT2D eigenvalue weighted by molar-refractivity contribution is 7.85. The van der Waals surface area contributed by atoms with Crippen LogP contribution in [0.2, 0.25) is 0 Å². The van der Waals surface area contributed by atoms with Gasteiger partial charge < -0.3 is 0 Å². The third-order valence-electron chi connectivity index (χ3n) is 5.88. The molecule has 1 fully saturated rings. The summed E-state index contributed by atoms with van der Waals surface area (Å²) in [6.07, 6.45) is 0.620. The molecule has 0 radical (unpaired) electrons. The summed E-state index contributed by atoms with van der Waals surface area (Å²) in [4.78, 5) is 26.4. The Balaban J connectivity index is 1.74. The molecule has 0 heterocycles. The normalized spacial score (nSPS) is 21.8. The van der Waals surface area contributed by atoms with Crippen LogP contribution in [0.1, 0.15) is 47.9 Å². The van der Waals surface area contributed by atoms with Crippen LogP contribution in [-0.2, 0) is 20.4 Å². The Morgan fingerprint density at radius 3 is 2.17 bits per heavy atom. The Morgan fingerprint density at radius 1 is 1.03 bits per heavy atom. The zero-order valence-corrected chi connectivity index (χ0v) is 18.1. The summed E-state index contributed by atoms with van der Waals surface area (Å²) in [5.74, 6) is -1.11. The highest BCUT2D eigenvalue weighted by Crippen LogP contribution is 2.37. The molecular weight excluding hydrogens is 387 g/mol. The standard InChI is InChI=1S/C24H27FO3S/c1-14-8-15(2)23(16(3)9-14)24-21(26)10-18(11-22(24)27)17(4)13-29(28)20-7-5-6-19(25)12-20/h5-9,12,17-18,24H,10-11,13H2,1-4H3. The van der Waals surface area contributed by atoms with Crippen LogP contribution in [0.5, 0.6) is 0 Å². The summed E-state index contributed by atoms with van der Waals surface area (Å²) < 4.78 is 26.0. The number of carbonyl (C=O) groups is 2. The fourth-order valence-corrected chi connectivity index (χ4v) is 5.87. The van der Waals surface area contributed by atoms with Crippen LogP contribution in [0.4, 0.5) is 4.39 Å². The molecule has 0 bridgehead atoms. The molecule has 0 saturated heterocycles. The number of carbonyl (C=O) groups excluding carboxylic acids is 2. The molecule has 2 aromatic rings. The number of rotatable bonds is 5. The molecule has 2 aromatic carbocycles. The molecule has 0 aromatic heterocycles. The van der Waals surface area contributed by atoms with Gasteiger partial charge in [0.25, 0.3) is 0 Å². The van der Waals surface area contributed by atoms with E-state index in [0.717, 1.165) is 22.3 Å². The van der Waals surface area contributed by atoms with Gasteiger partial charge in [-0.2, -0.15) is 0 Å². The maximum absolute atomic E-state index is 13.4. The average molecular weight is 415 g/mol. The molecule has 0 amide bonds. The number of hydrogen-bond donors (Lipinski definition) is 0. The molecule has 2 unspecified atom stereocenters. The van der Waals surface area contributed by atoms with Gasteiger partial charge in [-0.05, 0) is 67.5 Å². The summed E-state index contributed by atoms with van der Waals surface area (Å²) >= 11 is 0. The third-order valence-corrected chi connectivity index (χ3v) is 7.48. The number of Topliss-reactive ketones (excluding diaryl/α,β-unsaturated/α-hetero) is 2. The smallest absolute Gasteiger partial charge is 0.148 e. The maximum atomic E-state index is 13.4. The summed E-state index contributed by atoms with van der Waals surface area (Å²) in [6, 6.07) is 9.80. The molecule has 3 nitrogen and oxygen atoms in total. The van der Waals surface area contributed by atoms with E-state index in [-0.39, 0.29) is 23.4 Å². The van der Waals surface area contributed by atoms with E-state index in [1.54, 1.807) is 6.07 Å². The first kappa shape index (κ1) is 21.6. The predicted molar refractivity (Wildman–Crippen MR) is 113 cm³/mol. The largest absolute Gasteiger partial charge is 0.299 e. The van der Waals surface area contributed by atoms with E-state index in [1.807, 2.05) is 39.8 Å². The van der Waals surface area contributed by atoms with E-state index in [1.165, 1.54) is 18.2 Å². The van der Waals surface area contributed by atoms with Crippen molar-refractivity contribution in [2.75, 3.05) is 5.75 Å². The van der Waals surface area contributed by atoms with Gasteiger partial charge in [0.1, 0.15) is 23.3 Å². The molecule has 1 aliphatic rings. The fraction of sp³-hybridized carbons (Fsp3) is 0.417. The molecule has 2 atom stereocenters. The van der Waals surface area contributed by atoms with Crippen molar-refractivity contribution in [3.8, 4) is 0 Å². The minimum absolute atomic E-state index is 0.0512. The van der Waals surface area contributed by atoms with Gasteiger partial charge in [0.2, 0.25) is 0 Å². The monoisotopic (exact) mass is 414 g/mol. The number of hydrogen-bond acceptors (Lipinski definition) is 3. The van der Waals surface area contributed by atoms with Crippen LogP contribution in [0.15, 0.2) is 41.3 Å². The van der Waals surface area contributed by atoms with Crippen LogP contribution in [0, 0.1) is 38.4 Å². The lowest BCUT2D eigenvalue weighted by Gasteiger charge is -2.31. The Kier molecular flexibility index (Phi) is 6.47. The number of halogens is 1. The number of aryl methyl sites for hydroxylation is 3. The summed E-state index contributed by atoms with van der Waals surface area (Å²) in [5.41, 5.74) is 3.92. The molecule has 5 heteroatoms. The van der Waals surface area contributed by atoms with Gasteiger partial charge in [-0.1, -0.05) is 30.7 Å². The second kappa shape index (κ2) is 8.70. The number of ketones is 2. The fourth-order valence-electron chi connectivity index (χ4n) is 4.45. The van der Waals surface area contributed by atoms with Crippen molar-refractivity contribution < 1.29 is 18.2 Å². The molecule has 1 aliphatic carbocycles. The molecular formula is C24H27FO3S. The van der Waals surface area contributed by atoms with Gasteiger partial charge >= 0.3 is 0 Å². The first-order chi connectivity index (χ1) is 13.7. The highest BCUT2D eigenvalue weighted by atomic mass is 32.2. The molecule has 1 saturated carbocycles. The van der Waals surface area contributed by atoms with E-state index in [0.29, 0.717) is 23.5 Å². The van der Waals surface area contributed by atoms with Gasteiger partial charge in [0, 0.05) is 23.5 Å². The van der Waals surface area contributed by atoms with E-state index < -0.39 is 22.5 Å². The molecule has 154 valence electrons. The van der Waals surface area contributed by atoms with Gasteiger partial charge in [-0.15, -0.1) is 0 Å². The van der Waals surface area contributed by atoms with Crippen molar-refractivity contribution in [3.05, 3.63) is 64.5 Å². The Bertz CT molecular complexity index is 941. The van der Waals surface area contributed by atoms with E-state index in [9.17, 15) is 18.2 Å². The first-order valence-electron chi connectivity index (χ1n) is 9.94. The van der Waals surface area contributed by atoms with Crippen LogP contribution < -0.4 is 0 Å². The Labute approximate surface area is 174 Å². The highest BCUT2D eigenvalue weighted by Gasteiger charge is 2.39. The minimum Gasteiger partial charge on any atom is -0.299 e. The van der Waals surface area contributed by atoms with Crippen LogP contribution in [-0.4, -0.2) is 21.5 Å². The molecule has 3 rings (SSSR count). The third kappa shape index (κ3) is 4.72. The second-order valence-corrected chi connectivity index (χ2v) is 9.79. The summed E-state index contributed by atoms with van der Waals surface area (Å²) in [7, 11) is -1.37. The predicted octanol–water partition coefficient (Wildman–Crippen LogP) is 4.83. The molecule has 0 spiro atoms. The Morgan fingerprint density at radius 2 is 1.62 bits per heavy atom. The summed E-state index contributed by atoms with van der Waals surface area (Å²) in [6.45, 7) is 7.83. The average Bonchev–Trinajstić information content (AvgIpc) is 2.62. The zero-order valence-electron chi connectivity index (χ0n) is 17.3. The van der Waals surface area contributed by atoms with Crippen LogP contribution >= 0.6 is 0 Å². The van der Waals surface area contributed by atoms with E-state index in [2.05, 4.69) is 0 Å². The maximum Gasteiger partial charge on any atom is 0.148 e. The lowest BCUT2D eigenvalue weighted by atomic mass is 9.71. The van der Waals surface area contributed by atoms with E-state index in [4.69, 9.17) is 0 Å². The second-order valence-electron chi connectivity index (χ2n) is 8.29.